The molecule has 4 heterocycles. The number of aromatic nitrogens is 3. The number of nitrogens with zero attached hydrogens (tertiary/aromatic N) is 4. The highest BCUT2D eigenvalue weighted by molar-refractivity contribution is 5.06. The van der Waals surface area contributed by atoms with Crippen molar-refractivity contribution in [3.8, 4) is 0 Å². The second kappa shape index (κ2) is 7.86. The molecule has 4 rings (SSSR count). The summed E-state index contributed by atoms with van der Waals surface area (Å²) in [7, 11) is 1.97. The molecule has 6 nitrogen and oxygen atoms in total. The van der Waals surface area contributed by atoms with Crippen LogP contribution in [0.25, 0.3) is 0 Å². The number of hydrogen-bond donors (Lipinski definition) is 0. The fourth-order valence-corrected chi connectivity index (χ4v) is 4.38. The third-order valence-corrected chi connectivity index (χ3v) is 5.60. The summed E-state index contributed by atoms with van der Waals surface area (Å²) >= 11 is 0. The fourth-order valence-electron chi connectivity index (χ4n) is 4.38. The van der Waals surface area contributed by atoms with Crippen LogP contribution in [0.5, 0.6) is 0 Å². The number of hydrogen-bond acceptors (Lipinski definition) is 5. The summed E-state index contributed by atoms with van der Waals surface area (Å²) in [6.07, 6.45) is 9.56. The van der Waals surface area contributed by atoms with Gasteiger partial charge >= 0.3 is 0 Å². The van der Waals surface area contributed by atoms with Gasteiger partial charge in [-0.2, -0.15) is 5.10 Å². The van der Waals surface area contributed by atoms with Gasteiger partial charge in [0.25, 0.3) is 0 Å². The molecule has 2 atom stereocenters. The molecular formula is C20H28N4O2. The van der Waals surface area contributed by atoms with Gasteiger partial charge in [0.15, 0.2) is 0 Å². The predicted molar refractivity (Wildman–Crippen MR) is 98.4 cm³/mol. The molecule has 0 saturated carbocycles. The van der Waals surface area contributed by atoms with Gasteiger partial charge in [0.1, 0.15) is 0 Å². The summed E-state index contributed by atoms with van der Waals surface area (Å²) in [6.45, 7) is 5.23. The molecule has 2 saturated heterocycles. The second-order valence-electron chi connectivity index (χ2n) is 7.66. The van der Waals surface area contributed by atoms with Crippen molar-refractivity contribution < 1.29 is 9.47 Å². The second-order valence-corrected chi connectivity index (χ2v) is 7.66. The number of rotatable bonds is 6. The van der Waals surface area contributed by atoms with Crippen LogP contribution in [0.3, 0.4) is 0 Å². The van der Waals surface area contributed by atoms with Gasteiger partial charge in [0, 0.05) is 56.7 Å². The van der Waals surface area contributed by atoms with Gasteiger partial charge in [-0.25, -0.2) is 0 Å². The Bertz CT molecular complexity index is 705. The first-order valence-corrected chi connectivity index (χ1v) is 9.53. The quantitative estimate of drug-likeness (QED) is 0.796. The minimum atomic E-state index is 0.0908. The molecule has 2 aliphatic rings. The third-order valence-electron chi connectivity index (χ3n) is 5.60. The van der Waals surface area contributed by atoms with Crippen LogP contribution in [0.15, 0.2) is 36.8 Å². The van der Waals surface area contributed by atoms with Crippen LogP contribution >= 0.6 is 0 Å². The summed E-state index contributed by atoms with van der Waals surface area (Å²) in [5.74, 6) is 0. The molecule has 2 unspecified atom stereocenters. The molecule has 0 radical (unpaired) electrons. The van der Waals surface area contributed by atoms with Gasteiger partial charge in [-0.05, 0) is 31.4 Å². The molecule has 0 N–H and O–H groups in total. The van der Waals surface area contributed by atoms with Crippen molar-refractivity contribution in [1.29, 1.82) is 0 Å². The molecule has 0 amide bonds. The van der Waals surface area contributed by atoms with Crippen LogP contribution in [0.2, 0.25) is 0 Å². The van der Waals surface area contributed by atoms with E-state index in [1.807, 2.05) is 42.3 Å². The van der Waals surface area contributed by atoms with Gasteiger partial charge in [0.05, 0.1) is 31.2 Å². The minimum Gasteiger partial charge on any atom is -0.377 e. The molecule has 26 heavy (non-hydrogen) atoms. The van der Waals surface area contributed by atoms with E-state index in [0.29, 0.717) is 12.7 Å². The SMILES string of the molecule is Cn1cc(CN2CCC3OCCCC3(COCc3ccccn3)C2)cn1. The van der Waals surface area contributed by atoms with Gasteiger partial charge in [0.2, 0.25) is 0 Å². The van der Waals surface area contributed by atoms with Gasteiger partial charge < -0.3 is 9.47 Å². The third kappa shape index (κ3) is 3.98. The minimum absolute atomic E-state index is 0.0908. The standard InChI is InChI=1S/C20H28N4O2/c1-23-12-17(11-22-23)13-24-9-6-19-20(15-24,7-4-10-26-19)16-25-14-18-5-2-3-8-21-18/h2-3,5,8,11-12,19H,4,6-7,9-10,13-16H2,1H3. The van der Waals surface area contributed by atoms with Crippen LogP contribution in [0.1, 0.15) is 30.5 Å². The Labute approximate surface area is 155 Å². The molecule has 0 aliphatic carbocycles. The number of aryl methyl sites for hydroxylation is 1. The molecule has 2 aromatic rings. The molecule has 0 bridgehead atoms. The molecule has 2 aromatic heterocycles. The lowest BCUT2D eigenvalue weighted by molar-refractivity contribution is -0.156. The van der Waals surface area contributed by atoms with Crippen LogP contribution < -0.4 is 0 Å². The van der Waals surface area contributed by atoms with E-state index in [1.54, 1.807) is 0 Å². The summed E-state index contributed by atoms with van der Waals surface area (Å²) in [5, 5.41) is 4.30. The van der Waals surface area contributed by atoms with E-state index < -0.39 is 0 Å². The maximum atomic E-state index is 6.15. The zero-order valence-electron chi connectivity index (χ0n) is 15.5. The van der Waals surface area contributed by atoms with Crippen molar-refractivity contribution in [2.24, 2.45) is 12.5 Å². The highest BCUT2D eigenvalue weighted by Crippen LogP contribution is 2.41. The molecule has 0 aromatic carbocycles. The number of piperidine rings is 1. The molecule has 0 spiro atoms. The zero-order chi connectivity index (χ0) is 17.8. The normalized spacial score (nSPS) is 26.6. The van der Waals surface area contributed by atoms with Crippen LogP contribution in [-0.2, 0) is 29.7 Å². The summed E-state index contributed by atoms with van der Waals surface area (Å²) in [6, 6.07) is 5.96. The largest absolute Gasteiger partial charge is 0.377 e. The predicted octanol–water partition coefficient (Wildman–Crippen LogP) is 2.40. The Morgan fingerprint density at radius 1 is 1.38 bits per heavy atom. The first-order chi connectivity index (χ1) is 12.7. The smallest absolute Gasteiger partial charge is 0.0888 e. The Morgan fingerprint density at radius 2 is 2.35 bits per heavy atom. The first-order valence-electron chi connectivity index (χ1n) is 9.53. The number of ether oxygens (including phenoxy) is 2. The van der Waals surface area contributed by atoms with Gasteiger partial charge in [-0.3, -0.25) is 14.6 Å². The van der Waals surface area contributed by atoms with Crippen molar-refractivity contribution in [1.82, 2.24) is 19.7 Å². The maximum Gasteiger partial charge on any atom is 0.0888 e. The van der Waals surface area contributed by atoms with Crippen LogP contribution in [-0.4, -0.2) is 52.1 Å². The van der Waals surface area contributed by atoms with Crippen molar-refractivity contribution in [2.45, 2.75) is 38.5 Å². The topological polar surface area (TPSA) is 52.4 Å². The van der Waals surface area contributed by atoms with E-state index in [1.165, 1.54) is 12.0 Å². The Hall–Kier alpha value is -1.76. The highest BCUT2D eigenvalue weighted by atomic mass is 16.5. The summed E-state index contributed by atoms with van der Waals surface area (Å²) < 4.78 is 14.2. The molecule has 2 fully saturated rings. The fraction of sp³-hybridized carbons (Fsp3) is 0.600. The number of likely N-dealkylation sites (tertiary alicyclic amines) is 1. The van der Waals surface area contributed by atoms with E-state index in [4.69, 9.17) is 9.47 Å². The average Bonchev–Trinajstić information content (AvgIpc) is 3.07. The zero-order valence-corrected chi connectivity index (χ0v) is 15.5. The number of fused-ring (bicyclic) bond motifs is 1. The summed E-state index contributed by atoms with van der Waals surface area (Å²) in [5.41, 5.74) is 2.35. The maximum absolute atomic E-state index is 6.15. The van der Waals surface area contributed by atoms with Crippen LogP contribution in [0.4, 0.5) is 0 Å². The van der Waals surface area contributed by atoms with Crippen molar-refractivity contribution in [3.63, 3.8) is 0 Å². The van der Waals surface area contributed by atoms with Crippen molar-refractivity contribution in [2.75, 3.05) is 26.3 Å². The van der Waals surface area contributed by atoms with Gasteiger partial charge in [-0.1, -0.05) is 6.07 Å². The van der Waals surface area contributed by atoms with Crippen molar-refractivity contribution >= 4 is 0 Å². The molecule has 140 valence electrons. The Kier molecular flexibility index (Phi) is 5.33. The van der Waals surface area contributed by atoms with E-state index >= 15 is 0 Å². The molecule has 2 aliphatic heterocycles. The lowest BCUT2D eigenvalue weighted by Crippen LogP contribution is -2.56. The van der Waals surface area contributed by atoms with Crippen molar-refractivity contribution in [3.05, 3.63) is 48.0 Å². The first kappa shape index (κ1) is 17.6. The number of pyridine rings is 1. The van der Waals surface area contributed by atoms with Gasteiger partial charge in [-0.15, -0.1) is 0 Å². The highest BCUT2D eigenvalue weighted by Gasteiger charge is 2.46. The Morgan fingerprint density at radius 3 is 3.15 bits per heavy atom. The molecular weight excluding hydrogens is 328 g/mol. The lowest BCUT2D eigenvalue weighted by atomic mass is 9.73. The average molecular weight is 356 g/mol. The summed E-state index contributed by atoms with van der Waals surface area (Å²) in [4.78, 5) is 6.89. The lowest BCUT2D eigenvalue weighted by Gasteiger charge is -2.50. The van der Waals surface area contributed by atoms with Crippen LogP contribution in [0, 0.1) is 5.41 Å². The van der Waals surface area contributed by atoms with E-state index in [0.717, 1.165) is 51.4 Å². The monoisotopic (exact) mass is 356 g/mol. The van der Waals surface area contributed by atoms with E-state index in [2.05, 4.69) is 21.2 Å². The molecule has 6 heteroatoms. The van der Waals surface area contributed by atoms with E-state index in [-0.39, 0.29) is 5.41 Å². The Balaban J connectivity index is 1.40. The van der Waals surface area contributed by atoms with E-state index in [9.17, 15) is 0 Å².